The molecule has 0 aromatic rings. The van der Waals surface area contributed by atoms with E-state index in [1.54, 1.807) is 0 Å². The van der Waals surface area contributed by atoms with Gasteiger partial charge in [0, 0.05) is 19.0 Å². The van der Waals surface area contributed by atoms with Crippen molar-refractivity contribution < 1.29 is 4.79 Å². The average molecular weight is 221 g/mol. The van der Waals surface area contributed by atoms with Crippen molar-refractivity contribution in [2.45, 2.75) is 51.4 Å². The van der Waals surface area contributed by atoms with Crippen molar-refractivity contribution in [1.29, 1.82) is 0 Å². The van der Waals surface area contributed by atoms with E-state index in [0.29, 0.717) is 11.8 Å². The van der Waals surface area contributed by atoms with Gasteiger partial charge >= 0.3 is 0 Å². The molecule has 2 atom stereocenters. The first kappa shape index (κ1) is 10.6. The molecular formula is C14H23NO. The highest BCUT2D eigenvalue weighted by molar-refractivity contribution is 5.82. The van der Waals surface area contributed by atoms with E-state index < -0.39 is 0 Å². The highest BCUT2D eigenvalue weighted by Gasteiger charge is 2.55. The Balaban J connectivity index is 1.60. The number of carbonyl (C=O) groups excluding carboxylic acids is 1. The van der Waals surface area contributed by atoms with Crippen molar-refractivity contribution in [3.8, 4) is 0 Å². The van der Waals surface area contributed by atoms with Crippen molar-refractivity contribution in [1.82, 2.24) is 4.90 Å². The number of likely N-dealkylation sites (tertiary alicyclic amines) is 1. The Bertz CT molecular complexity index is 252. The second-order valence-electron chi connectivity index (χ2n) is 5.88. The van der Waals surface area contributed by atoms with Crippen LogP contribution in [0, 0.1) is 17.8 Å². The van der Waals surface area contributed by atoms with Gasteiger partial charge in [0.25, 0.3) is 0 Å². The van der Waals surface area contributed by atoms with Crippen LogP contribution in [0.3, 0.4) is 0 Å². The number of hydrogen-bond donors (Lipinski definition) is 0. The molecule has 3 aliphatic rings. The maximum absolute atomic E-state index is 12.4. The number of nitrogens with zero attached hydrogens (tertiary/aromatic N) is 1. The second kappa shape index (κ2) is 4.38. The molecule has 1 saturated heterocycles. The molecule has 2 saturated carbocycles. The molecule has 90 valence electrons. The molecule has 1 heterocycles. The van der Waals surface area contributed by atoms with E-state index in [1.807, 2.05) is 0 Å². The van der Waals surface area contributed by atoms with Crippen LogP contribution in [0.2, 0.25) is 0 Å². The number of amides is 1. The van der Waals surface area contributed by atoms with Crippen LogP contribution in [0.5, 0.6) is 0 Å². The molecule has 2 nitrogen and oxygen atoms in total. The lowest BCUT2D eigenvalue weighted by Gasteiger charge is -2.20. The van der Waals surface area contributed by atoms with Crippen LogP contribution in [-0.2, 0) is 4.79 Å². The minimum Gasteiger partial charge on any atom is -0.342 e. The lowest BCUT2D eigenvalue weighted by atomic mass is 10.0. The molecule has 0 bridgehead atoms. The van der Waals surface area contributed by atoms with E-state index in [4.69, 9.17) is 0 Å². The van der Waals surface area contributed by atoms with Gasteiger partial charge in [0.2, 0.25) is 5.91 Å². The molecular weight excluding hydrogens is 198 g/mol. The van der Waals surface area contributed by atoms with Crippen LogP contribution in [0.25, 0.3) is 0 Å². The summed E-state index contributed by atoms with van der Waals surface area (Å²) < 4.78 is 0. The van der Waals surface area contributed by atoms with Crippen LogP contribution in [-0.4, -0.2) is 23.9 Å². The van der Waals surface area contributed by atoms with Gasteiger partial charge in [-0.15, -0.1) is 0 Å². The van der Waals surface area contributed by atoms with Crippen molar-refractivity contribution >= 4 is 5.91 Å². The molecule has 3 rings (SSSR count). The fourth-order valence-electron chi connectivity index (χ4n) is 3.86. The maximum atomic E-state index is 12.4. The zero-order chi connectivity index (χ0) is 11.0. The summed E-state index contributed by atoms with van der Waals surface area (Å²) >= 11 is 0. The zero-order valence-corrected chi connectivity index (χ0v) is 10.2. The molecule has 2 heteroatoms. The first-order chi connectivity index (χ1) is 7.88. The monoisotopic (exact) mass is 221 g/mol. The summed E-state index contributed by atoms with van der Waals surface area (Å²) in [5.74, 6) is 2.52. The molecule has 0 N–H and O–H groups in total. The molecule has 2 aliphatic carbocycles. The van der Waals surface area contributed by atoms with E-state index in [0.717, 1.165) is 24.9 Å². The zero-order valence-electron chi connectivity index (χ0n) is 10.2. The minimum atomic E-state index is 0.445. The normalized spacial score (nSPS) is 38.8. The Morgan fingerprint density at radius 2 is 1.38 bits per heavy atom. The van der Waals surface area contributed by atoms with Crippen LogP contribution < -0.4 is 0 Å². The van der Waals surface area contributed by atoms with Crippen LogP contribution >= 0.6 is 0 Å². The van der Waals surface area contributed by atoms with Gasteiger partial charge < -0.3 is 4.90 Å². The molecule has 1 aliphatic heterocycles. The predicted octanol–water partition coefficient (Wildman–Crippen LogP) is 2.83. The first-order valence-corrected chi connectivity index (χ1v) is 7.17. The largest absolute Gasteiger partial charge is 0.342 e. The fourth-order valence-corrected chi connectivity index (χ4v) is 3.86. The fraction of sp³-hybridized carbons (Fsp3) is 0.929. The Morgan fingerprint density at radius 3 is 1.94 bits per heavy atom. The summed E-state index contributed by atoms with van der Waals surface area (Å²) in [5, 5.41) is 0. The number of hydrogen-bond acceptors (Lipinski definition) is 1. The number of carbonyl (C=O) groups is 1. The maximum Gasteiger partial charge on any atom is 0.226 e. The molecule has 0 aromatic heterocycles. The number of fused-ring (bicyclic) bond motifs is 1. The van der Waals surface area contributed by atoms with Gasteiger partial charge in [-0.1, -0.05) is 25.7 Å². The third-order valence-electron chi connectivity index (χ3n) is 4.86. The van der Waals surface area contributed by atoms with Gasteiger partial charge in [-0.25, -0.2) is 0 Å². The van der Waals surface area contributed by atoms with Crippen molar-refractivity contribution in [2.24, 2.45) is 17.8 Å². The van der Waals surface area contributed by atoms with Crippen molar-refractivity contribution in [2.75, 3.05) is 13.1 Å². The Kier molecular flexibility index (Phi) is 2.91. The van der Waals surface area contributed by atoms with Crippen LogP contribution in [0.1, 0.15) is 51.4 Å². The summed E-state index contributed by atoms with van der Waals surface area (Å²) in [6.07, 6.45) is 10.5. The standard InChI is InChI=1S/C14H23NO/c16-14(15-9-5-1-2-6-10-15)13-11-7-3-4-8-12(11)13/h11-13H,1-10H2. The van der Waals surface area contributed by atoms with E-state index >= 15 is 0 Å². The smallest absolute Gasteiger partial charge is 0.226 e. The molecule has 0 aromatic carbocycles. The predicted molar refractivity (Wildman–Crippen MR) is 64.0 cm³/mol. The topological polar surface area (TPSA) is 20.3 Å². The Morgan fingerprint density at radius 1 is 0.812 bits per heavy atom. The number of rotatable bonds is 1. The third kappa shape index (κ3) is 1.87. The highest BCUT2D eigenvalue weighted by atomic mass is 16.2. The van der Waals surface area contributed by atoms with Gasteiger partial charge in [-0.2, -0.15) is 0 Å². The van der Waals surface area contributed by atoms with E-state index in [9.17, 15) is 4.79 Å². The minimum absolute atomic E-state index is 0.445. The highest BCUT2D eigenvalue weighted by Crippen LogP contribution is 2.56. The summed E-state index contributed by atoms with van der Waals surface area (Å²) in [4.78, 5) is 14.6. The SMILES string of the molecule is O=C(C1C2CCCCC21)N1CCCCCC1. The Hall–Kier alpha value is -0.530. The van der Waals surface area contributed by atoms with Gasteiger partial charge in [-0.3, -0.25) is 4.79 Å². The summed E-state index contributed by atoms with van der Waals surface area (Å²) in [6, 6.07) is 0. The molecule has 2 unspecified atom stereocenters. The van der Waals surface area contributed by atoms with Crippen LogP contribution in [0.4, 0.5) is 0 Å². The molecule has 3 fully saturated rings. The van der Waals surface area contributed by atoms with Crippen molar-refractivity contribution in [3.63, 3.8) is 0 Å². The summed E-state index contributed by atoms with van der Waals surface area (Å²) in [7, 11) is 0. The third-order valence-corrected chi connectivity index (χ3v) is 4.86. The van der Waals surface area contributed by atoms with Gasteiger partial charge in [0.1, 0.15) is 0 Å². The molecule has 0 spiro atoms. The summed E-state index contributed by atoms with van der Waals surface area (Å²) in [5.41, 5.74) is 0. The lowest BCUT2D eigenvalue weighted by Crippen LogP contribution is -2.33. The Labute approximate surface area is 98.4 Å². The van der Waals surface area contributed by atoms with Gasteiger partial charge in [0.05, 0.1) is 0 Å². The first-order valence-electron chi connectivity index (χ1n) is 7.17. The van der Waals surface area contributed by atoms with Crippen LogP contribution in [0.15, 0.2) is 0 Å². The quantitative estimate of drug-likeness (QED) is 0.666. The van der Waals surface area contributed by atoms with E-state index in [-0.39, 0.29) is 0 Å². The van der Waals surface area contributed by atoms with Crippen molar-refractivity contribution in [3.05, 3.63) is 0 Å². The molecule has 16 heavy (non-hydrogen) atoms. The molecule has 0 radical (unpaired) electrons. The molecule has 1 amide bonds. The van der Waals surface area contributed by atoms with Gasteiger partial charge in [-0.05, 0) is 37.5 Å². The average Bonchev–Trinajstić information content (AvgIpc) is 3.09. The lowest BCUT2D eigenvalue weighted by molar-refractivity contribution is -0.133. The second-order valence-corrected chi connectivity index (χ2v) is 5.88. The summed E-state index contributed by atoms with van der Waals surface area (Å²) in [6.45, 7) is 2.07. The van der Waals surface area contributed by atoms with E-state index in [2.05, 4.69) is 4.90 Å². The van der Waals surface area contributed by atoms with E-state index in [1.165, 1.54) is 51.4 Å². The van der Waals surface area contributed by atoms with Gasteiger partial charge in [0.15, 0.2) is 0 Å².